The third kappa shape index (κ3) is 5.26. The van der Waals surface area contributed by atoms with Crippen LogP contribution in [0.25, 0.3) is 11.1 Å². The van der Waals surface area contributed by atoms with Crippen molar-refractivity contribution in [2.75, 3.05) is 6.61 Å². The number of carbonyl (C=O) groups is 2. The van der Waals surface area contributed by atoms with Gasteiger partial charge in [0.25, 0.3) is 5.69 Å². The number of hydrogen-bond donors (Lipinski definition) is 5. The second kappa shape index (κ2) is 9.92. The number of carbonyl (C=O) groups excluding carboxylic acids is 1. The van der Waals surface area contributed by atoms with E-state index < -0.39 is 59.7 Å². The molecule has 5 atom stereocenters. The van der Waals surface area contributed by atoms with E-state index in [0.29, 0.717) is 0 Å². The molecule has 176 valence electrons. The highest BCUT2D eigenvalue weighted by atomic mass is 16.7. The fraction of sp³-hybridized carbons (Fsp3) is 0.333. The monoisotopic (exact) mass is 462 g/mol. The van der Waals surface area contributed by atoms with Crippen molar-refractivity contribution in [2.24, 2.45) is 0 Å². The number of rotatable bonds is 7. The molecule has 0 aromatic heterocycles. The number of nitro groups is 1. The molecular weight excluding hydrogens is 440 g/mol. The fourth-order valence-corrected chi connectivity index (χ4v) is 3.50. The van der Waals surface area contributed by atoms with Crippen molar-refractivity contribution in [1.82, 2.24) is 5.32 Å². The van der Waals surface area contributed by atoms with E-state index in [0.717, 1.165) is 6.07 Å². The molecule has 0 radical (unpaired) electrons. The molecule has 0 bridgehead atoms. The van der Waals surface area contributed by atoms with Gasteiger partial charge in [0.2, 0.25) is 12.2 Å². The zero-order valence-electron chi connectivity index (χ0n) is 17.3. The summed E-state index contributed by atoms with van der Waals surface area (Å²) in [5.74, 6) is -1.80. The summed E-state index contributed by atoms with van der Waals surface area (Å²) >= 11 is 0. The van der Waals surface area contributed by atoms with Crippen molar-refractivity contribution >= 4 is 17.6 Å². The first-order valence-corrected chi connectivity index (χ1v) is 9.80. The highest BCUT2D eigenvalue weighted by molar-refractivity contribution is 5.91. The van der Waals surface area contributed by atoms with Gasteiger partial charge in [0.1, 0.15) is 30.1 Å². The number of aliphatic hydroxyl groups excluding tert-OH is 3. The summed E-state index contributed by atoms with van der Waals surface area (Å²) in [5.41, 5.74) is -0.306. The number of carboxylic acids is 1. The zero-order chi connectivity index (χ0) is 24.3. The molecule has 3 rings (SSSR count). The lowest BCUT2D eigenvalue weighted by Crippen LogP contribution is -2.65. The minimum atomic E-state index is -1.53. The number of hydrogen-bond acceptors (Lipinski definition) is 9. The van der Waals surface area contributed by atoms with Gasteiger partial charge in [-0.2, -0.15) is 0 Å². The van der Waals surface area contributed by atoms with Gasteiger partial charge in [0.15, 0.2) is 0 Å². The Labute approximate surface area is 187 Å². The maximum Gasteiger partial charge on any atom is 0.335 e. The summed E-state index contributed by atoms with van der Waals surface area (Å²) in [6.45, 7) is 0.554. The number of nitro benzene ring substituents is 1. The molecule has 12 nitrogen and oxygen atoms in total. The van der Waals surface area contributed by atoms with Gasteiger partial charge in [-0.25, -0.2) is 4.79 Å². The van der Waals surface area contributed by atoms with E-state index in [1.165, 1.54) is 31.2 Å². The molecule has 1 amide bonds. The third-order valence-electron chi connectivity index (χ3n) is 5.07. The third-order valence-corrected chi connectivity index (χ3v) is 5.07. The number of amides is 1. The maximum atomic E-state index is 11.6. The number of nitrogens with zero attached hydrogens (tertiary/aromatic N) is 1. The summed E-state index contributed by atoms with van der Waals surface area (Å²) < 4.78 is 11.4. The second-order valence-electron chi connectivity index (χ2n) is 7.38. The number of aliphatic hydroxyl groups is 3. The van der Waals surface area contributed by atoms with E-state index >= 15 is 0 Å². The SMILES string of the molecule is CC(=O)NC1C(O)[C@@H](O)C(CO)O[C@H]1Oc1ccccc1-c1cc(C(=O)O)cc([N+](=O)[O-])c1. The number of nitrogens with one attached hydrogen (secondary N) is 1. The number of aromatic carboxylic acids is 1. The Kier molecular flexibility index (Phi) is 7.23. The molecule has 2 aromatic rings. The first-order valence-electron chi connectivity index (χ1n) is 9.80. The van der Waals surface area contributed by atoms with Crippen LogP contribution in [-0.4, -0.2) is 74.5 Å². The molecular formula is C21H22N2O10. The van der Waals surface area contributed by atoms with Crippen molar-refractivity contribution in [3.8, 4) is 16.9 Å². The quantitative estimate of drug-likeness (QED) is 0.282. The van der Waals surface area contributed by atoms with Gasteiger partial charge >= 0.3 is 5.97 Å². The fourth-order valence-electron chi connectivity index (χ4n) is 3.50. The number of non-ortho nitro benzene ring substituents is 1. The van der Waals surface area contributed by atoms with Crippen LogP contribution in [0.5, 0.6) is 5.75 Å². The zero-order valence-corrected chi connectivity index (χ0v) is 17.3. The molecule has 1 aliphatic heterocycles. The molecule has 1 fully saturated rings. The number of carboxylic acid groups (broad SMARTS) is 1. The highest BCUT2D eigenvalue weighted by Crippen LogP contribution is 2.35. The lowest BCUT2D eigenvalue weighted by atomic mass is 9.96. The molecule has 12 heteroatoms. The predicted octanol–water partition coefficient (Wildman–Crippen LogP) is 0.283. The van der Waals surface area contributed by atoms with Crippen LogP contribution in [0.1, 0.15) is 17.3 Å². The Morgan fingerprint density at radius 1 is 1.18 bits per heavy atom. The van der Waals surface area contributed by atoms with E-state index in [2.05, 4.69) is 5.32 Å². The minimum absolute atomic E-state index is 0.0926. The van der Waals surface area contributed by atoms with Gasteiger partial charge in [-0.3, -0.25) is 14.9 Å². The molecule has 33 heavy (non-hydrogen) atoms. The average Bonchev–Trinajstić information content (AvgIpc) is 2.78. The summed E-state index contributed by atoms with van der Waals surface area (Å²) in [4.78, 5) is 33.6. The molecule has 1 saturated heterocycles. The van der Waals surface area contributed by atoms with Crippen LogP contribution in [-0.2, 0) is 9.53 Å². The van der Waals surface area contributed by atoms with Crippen LogP contribution >= 0.6 is 0 Å². The summed E-state index contributed by atoms with van der Waals surface area (Å²) in [7, 11) is 0. The first kappa shape index (κ1) is 24.1. The van der Waals surface area contributed by atoms with Gasteiger partial charge in [-0.05, 0) is 17.7 Å². The number of benzene rings is 2. The largest absolute Gasteiger partial charge is 0.478 e. The minimum Gasteiger partial charge on any atom is -0.478 e. The van der Waals surface area contributed by atoms with Gasteiger partial charge in [-0.15, -0.1) is 0 Å². The Hall–Kier alpha value is -3.58. The Balaban J connectivity index is 2.03. The van der Waals surface area contributed by atoms with Crippen molar-refractivity contribution in [3.63, 3.8) is 0 Å². The van der Waals surface area contributed by atoms with Crippen LogP contribution in [0.15, 0.2) is 42.5 Å². The standard InChI is InChI=1S/C21H22N2O10/c1-10(25)22-17-19(27)18(26)16(9-24)33-21(17)32-15-5-3-2-4-14(15)11-6-12(20(28)29)8-13(7-11)23(30)31/h2-8,16-19,21,24,26-27H,9H2,1H3,(H,22,25)(H,28,29)/t16?,17?,18-,19?,21+/m0/s1. The molecule has 1 aliphatic rings. The molecule has 3 unspecified atom stereocenters. The van der Waals surface area contributed by atoms with E-state index in [9.17, 15) is 40.1 Å². The van der Waals surface area contributed by atoms with Crippen LogP contribution in [0, 0.1) is 10.1 Å². The molecule has 0 saturated carbocycles. The van der Waals surface area contributed by atoms with E-state index in [1.807, 2.05) is 0 Å². The van der Waals surface area contributed by atoms with Gasteiger partial charge in [-0.1, -0.05) is 18.2 Å². The van der Waals surface area contributed by atoms with Crippen LogP contribution in [0.2, 0.25) is 0 Å². The summed E-state index contributed by atoms with van der Waals surface area (Å²) in [6, 6.07) is 8.32. The number of para-hydroxylation sites is 1. The van der Waals surface area contributed by atoms with Crippen molar-refractivity contribution < 1.29 is 44.4 Å². The lowest BCUT2D eigenvalue weighted by molar-refractivity contribution is -0.384. The molecule has 5 N–H and O–H groups in total. The topological polar surface area (TPSA) is 189 Å². The van der Waals surface area contributed by atoms with E-state index in [-0.39, 0.29) is 22.4 Å². The van der Waals surface area contributed by atoms with Gasteiger partial charge in [0, 0.05) is 24.6 Å². The molecule has 0 aliphatic carbocycles. The number of ether oxygens (including phenoxy) is 2. The normalized spacial score (nSPS) is 24.7. The average molecular weight is 462 g/mol. The van der Waals surface area contributed by atoms with E-state index in [4.69, 9.17) is 9.47 Å². The van der Waals surface area contributed by atoms with Crippen molar-refractivity contribution in [1.29, 1.82) is 0 Å². The first-order chi connectivity index (χ1) is 15.6. The maximum absolute atomic E-state index is 11.6. The molecule has 1 heterocycles. The molecule has 2 aromatic carbocycles. The molecule has 0 spiro atoms. The van der Waals surface area contributed by atoms with E-state index in [1.54, 1.807) is 12.1 Å². The second-order valence-corrected chi connectivity index (χ2v) is 7.38. The Bertz CT molecular complexity index is 1030. The van der Waals surface area contributed by atoms with Crippen LogP contribution in [0.4, 0.5) is 5.69 Å². The smallest absolute Gasteiger partial charge is 0.335 e. The van der Waals surface area contributed by atoms with Gasteiger partial charge in [0.05, 0.1) is 17.1 Å². The Morgan fingerprint density at radius 2 is 1.88 bits per heavy atom. The summed E-state index contributed by atoms with van der Waals surface area (Å²) in [6.07, 6.45) is -5.60. The Morgan fingerprint density at radius 3 is 2.48 bits per heavy atom. The van der Waals surface area contributed by atoms with Crippen molar-refractivity contribution in [3.05, 3.63) is 58.1 Å². The highest BCUT2D eigenvalue weighted by Gasteiger charge is 2.46. The van der Waals surface area contributed by atoms with Crippen molar-refractivity contribution in [2.45, 2.75) is 37.6 Å². The predicted molar refractivity (Wildman–Crippen MR) is 111 cm³/mol. The van der Waals surface area contributed by atoms with Crippen LogP contribution in [0.3, 0.4) is 0 Å². The van der Waals surface area contributed by atoms with Gasteiger partial charge < -0.3 is 35.2 Å². The lowest BCUT2D eigenvalue weighted by Gasteiger charge is -2.42. The van der Waals surface area contributed by atoms with Crippen LogP contribution < -0.4 is 10.1 Å². The summed E-state index contributed by atoms with van der Waals surface area (Å²) in [5, 5.41) is 53.1.